The highest BCUT2D eigenvalue weighted by Crippen LogP contribution is 2.43. The number of carbonyl (C=O) groups is 1. The first-order valence-electron chi connectivity index (χ1n) is 36.4. The van der Waals surface area contributed by atoms with E-state index < -0.39 is 17.1 Å². The van der Waals surface area contributed by atoms with E-state index in [0.717, 1.165) is 11.1 Å². The number of halogens is 3. The number of para-hydroxylation sites is 1. The van der Waals surface area contributed by atoms with Crippen LogP contribution in [0.15, 0.2) is 181 Å². The van der Waals surface area contributed by atoms with E-state index in [9.17, 15) is 24.0 Å². The maximum atomic E-state index is 13.2. The second-order valence-electron chi connectivity index (χ2n) is 30.5. The molecule has 119 heavy (non-hydrogen) atoms. The molecule has 8 heterocycles. The molecule has 0 radical (unpaired) electrons. The van der Waals surface area contributed by atoms with Gasteiger partial charge in [-0.2, -0.15) is 20.4 Å². The number of hydrogen-bond donors (Lipinski definition) is 9. The first kappa shape index (κ1) is 87.0. The maximum Gasteiger partial charge on any atom is 0.338 e. The molecule has 0 amide bonds. The second kappa shape index (κ2) is 36.2. The van der Waals surface area contributed by atoms with Crippen LogP contribution in [-0.2, 0) is 33.0 Å². The van der Waals surface area contributed by atoms with Gasteiger partial charge in [-0.05, 0) is 116 Å². The number of hydrogen-bond acceptors (Lipinski definition) is 19. The zero-order valence-electron chi connectivity index (χ0n) is 67.4. The van der Waals surface area contributed by atoms with E-state index >= 15 is 0 Å². The third-order valence-corrected chi connectivity index (χ3v) is 18.4. The van der Waals surface area contributed by atoms with Crippen molar-refractivity contribution in [3.05, 3.63) is 274 Å². The van der Waals surface area contributed by atoms with E-state index in [1.54, 1.807) is 76.2 Å². The molecule has 0 saturated heterocycles. The number of esters is 1. The smallest absolute Gasteiger partial charge is 0.338 e. The van der Waals surface area contributed by atoms with Crippen molar-refractivity contribution in [3.8, 4) is 34.0 Å². The lowest BCUT2D eigenvalue weighted by atomic mass is 9.91. The van der Waals surface area contributed by atoms with Crippen LogP contribution in [-0.4, -0.2) is 97.6 Å². The summed E-state index contributed by atoms with van der Waals surface area (Å²) in [5, 5.41) is 82.2. The topological polar surface area (TPSA) is 429 Å². The molecule has 8 aromatic heterocycles. The van der Waals surface area contributed by atoms with Crippen molar-refractivity contribution >= 4 is 110 Å². The minimum Gasteiger partial charge on any atom is -0.462 e. The molecule has 0 aliphatic carbocycles. The number of carbonyl (C=O) groups excluding carboxylic acids is 1. The molecule has 13 rings (SSSR count). The molecule has 0 atom stereocenters. The number of azo groups is 4. The number of nitrogens with zero attached hydrogens (tertiary/aromatic N) is 20. The number of aromatic nitrogens is 16. The summed E-state index contributed by atoms with van der Waals surface area (Å²) in [6.07, 6.45) is 0. The molecule has 0 aliphatic rings. The van der Waals surface area contributed by atoms with Gasteiger partial charge in [-0.3, -0.25) is 60.0 Å². The van der Waals surface area contributed by atoms with Crippen molar-refractivity contribution < 1.29 is 14.6 Å². The van der Waals surface area contributed by atoms with Crippen molar-refractivity contribution in [2.75, 3.05) is 6.61 Å². The van der Waals surface area contributed by atoms with Gasteiger partial charge in [0.25, 0.3) is 45.0 Å². The fourth-order valence-electron chi connectivity index (χ4n) is 11.5. The highest BCUT2D eigenvalue weighted by atomic mass is 35.5. The van der Waals surface area contributed by atoms with Crippen molar-refractivity contribution in [1.82, 2.24) is 79.9 Å². The zero-order valence-corrected chi connectivity index (χ0v) is 69.7. The number of benzene rings is 5. The predicted octanol–water partition coefficient (Wildman–Crippen LogP) is 20.8. The van der Waals surface area contributed by atoms with Gasteiger partial charge in [-0.1, -0.05) is 179 Å². The van der Waals surface area contributed by atoms with Crippen LogP contribution in [0.4, 0.5) is 68.8 Å². The quantitative estimate of drug-likeness (QED) is 0.0249. The lowest BCUT2D eigenvalue weighted by Crippen LogP contribution is -2.15. The Balaban J connectivity index is 0.000000167. The standard InChI is InChI=1S/C23H21N7O.C21H23N7O3.C19H21N7O2.C18H16Cl3N7O/c1-23(2,3)20-19(24-4)21(28-26-20)27-25-18-17(15-11-7-5-8-12-15)29-30(22(18)31)16-13-9-6-10-14-16;1-7-31-20(30)13-8-10-14(11-9-13)28-19(29)15(12(2)27-28)23-25-18-16(22-6)17(24-26-18)21(3,4)5;1-11-14(18(28)26(25-11)13-8-6-12(10-27)7-9-13)21-23-17-15(20-5)16(22-24-17)19(2,3)4;1-8-12(23-25-16-13(22-5)15(24-26-16)18(2,3)4)17(29)28(27-8)14-10(20)6-9(19)7-11(14)21/h5-14,29H,1-3H3,(H,26,28);8-11,27H,7H2,1-5H3,(H,24,26);6-9,25,27H,10H2,1-4H3,(H,22,24);6-7,27H,1-4H3,(H,24,26). The zero-order chi connectivity index (χ0) is 86.8. The normalized spacial score (nSPS) is 11.8. The Morgan fingerprint density at radius 2 is 0.748 bits per heavy atom. The number of rotatable bonds is 16. The summed E-state index contributed by atoms with van der Waals surface area (Å²) >= 11 is 18.4. The molecule has 0 spiro atoms. The number of nitrogens with one attached hydrogen (secondary N) is 8. The van der Waals surface area contributed by atoms with Crippen LogP contribution in [0.5, 0.6) is 0 Å². The minimum absolute atomic E-state index is 0.0447. The van der Waals surface area contributed by atoms with E-state index in [4.69, 9.17) is 70.9 Å². The largest absolute Gasteiger partial charge is 0.462 e. The molecule has 0 bridgehead atoms. The van der Waals surface area contributed by atoms with Gasteiger partial charge in [-0.15, -0.1) is 40.9 Å². The van der Waals surface area contributed by atoms with Crippen molar-refractivity contribution in [1.29, 1.82) is 0 Å². The number of aliphatic hydroxyl groups is 1. The fourth-order valence-corrected chi connectivity index (χ4v) is 12.5. The number of aryl methyl sites for hydroxylation is 3. The number of ether oxygens (including phenoxy) is 1. The summed E-state index contributed by atoms with van der Waals surface area (Å²) in [5.74, 6) is 0.122. The Morgan fingerprint density at radius 1 is 0.437 bits per heavy atom. The van der Waals surface area contributed by atoms with Crippen LogP contribution < -0.4 is 22.2 Å². The van der Waals surface area contributed by atoms with Crippen LogP contribution >= 0.6 is 34.8 Å². The van der Waals surface area contributed by atoms with Crippen LogP contribution in [0.2, 0.25) is 15.1 Å². The first-order valence-corrected chi connectivity index (χ1v) is 37.6. The van der Waals surface area contributed by atoms with Crippen molar-refractivity contribution in [2.24, 2.45) is 40.9 Å². The molecule has 0 fully saturated rings. The predicted molar refractivity (Wildman–Crippen MR) is 453 cm³/mol. The summed E-state index contributed by atoms with van der Waals surface area (Å²) in [4.78, 5) is 77.5. The van der Waals surface area contributed by atoms with Gasteiger partial charge < -0.3 is 9.84 Å². The van der Waals surface area contributed by atoms with Crippen molar-refractivity contribution in [3.63, 3.8) is 0 Å². The number of aliphatic hydroxyl groups excluding tert-OH is 1. The SMILES string of the molecule is [C-]#[N+]c1c(N=Nc2c(-c3ccccc3)[nH]n(-c3ccccc3)c2=O)n[nH]c1C(C)(C)C.[C-]#[N+]c1c(N=Nc2c(C)[nH]n(-c3c(Cl)cc(Cl)cc3Cl)c2=O)n[nH]c1C(C)(C)C.[C-]#[N+]c1c(N=Nc2c(C)[nH]n(-c3ccc(C(=O)OCC)cc3)c2=O)n[nH]c1C(C)(C)C.[C-]#[N+]c1c(N=Nc2c(C)[nH]n(-c3ccc(CO)cc3)c2=O)n[nH]c1C(C)(C)C. The molecule has 9 N–H and O–H groups in total. The third kappa shape index (κ3) is 19.4. The summed E-state index contributed by atoms with van der Waals surface area (Å²) in [6, 6.07) is 35.0. The first-order chi connectivity index (χ1) is 56.4. The highest BCUT2D eigenvalue weighted by Gasteiger charge is 2.30. The lowest BCUT2D eigenvalue weighted by Gasteiger charge is -2.16. The summed E-state index contributed by atoms with van der Waals surface area (Å²) in [5.41, 5.74) is 7.39. The van der Waals surface area contributed by atoms with E-state index in [1.807, 2.05) is 144 Å². The summed E-state index contributed by atoms with van der Waals surface area (Å²) in [7, 11) is 0. The van der Waals surface area contributed by atoms with Gasteiger partial charge in [0.2, 0.25) is 23.3 Å². The Bertz CT molecular complexity index is 6450. The average molecular weight is 1670 g/mol. The average Bonchev–Trinajstić information content (AvgIpc) is 1.65. The van der Waals surface area contributed by atoms with Crippen LogP contribution in [0.25, 0.3) is 53.4 Å². The van der Waals surface area contributed by atoms with Gasteiger partial charge in [0.1, 0.15) is 5.69 Å². The monoisotopic (exact) mass is 1660 g/mol. The maximum absolute atomic E-state index is 13.2. The van der Waals surface area contributed by atoms with Gasteiger partial charge in [0, 0.05) is 33.4 Å². The highest BCUT2D eigenvalue weighted by molar-refractivity contribution is 6.40. The van der Waals surface area contributed by atoms with Crippen molar-refractivity contribution in [2.45, 2.75) is 139 Å². The molecule has 13 aromatic rings. The van der Waals surface area contributed by atoms with Crippen LogP contribution in [0.1, 0.15) is 146 Å². The third-order valence-electron chi connectivity index (χ3n) is 17.6. The summed E-state index contributed by atoms with van der Waals surface area (Å²) in [6.45, 7) is 60.4. The summed E-state index contributed by atoms with van der Waals surface area (Å²) < 4.78 is 10.2. The Labute approximate surface area is 695 Å². The lowest BCUT2D eigenvalue weighted by molar-refractivity contribution is 0.0526. The van der Waals surface area contributed by atoms with Gasteiger partial charge in [0.05, 0.1) is 94.9 Å². The van der Waals surface area contributed by atoms with E-state index in [0.29, 0.717) is 84.6 Å². The van der Waals surface area contributed by atoms with Crippen LogP contribution in [0, 0.1) is 47.1 Å². The molecule has 0 aliphatic heterocycles. The molecule has 38 heteroatoms. The molecule has 0 unspecified atom stereocenters. The van der Waals surface area contributed by atoms with Gasteiger partial charge >= 0.3 is 5.97 Å². The number of H-pyrrole nitrogens is 8. The molecule has 35 nitrogen and oxygen atoms in total. The van der Waals surface area contributed by atoms with Crippen LogP contribution in [0.3, 0.4) is 0 Å². The van der Waals surface area contributed by atoms with Gasteiger partial charge in [-0.25, -0.2) is 42.9 Å². The van der Waals surface area contributed by atoms with E-state index in [1.165, 1.54) is 30.9 Å². The molecule has 0 saturated carbocycles. The molecular formula is C81H81Cl3N28O7. The van der Waals surface area contributed by atoms with Gasteiger partial charge in [0.15, 0.2) is 22.7 Å². The Kier molecular flexibility index (Phi) is 26.5. The van der Waals surface area contributed by atoms with E-state index in [-0.39, 0.29) is 119 Å². The number of aromatic amines is 8. The molecular weight excluding hydrogens is 1580 g/mol. The second-order valence-corrected chi connectivity index (χ2v) is 31.7. The van der Waals surface area contributed by atoms with E-state index in [2.05, 4.69) is 121 Å². The minimum atomic E-state index is -0.506. The Hall–Kier alpha value is -14.4. The molecule has 608 valence electrons. The molecule has 5 aromatic carbocycles. The Morgan fingerprint density at radius 3 is 1.09 bits per heavy atom. The fraction of sp³-hybridized carbons (Fsp3) is 0.272.